The van der Waals surface area contributed by atoms with Gasteiger partial charge in [-0.3, -0.25) is 0 Å². The van der Waals surface area contributed by atoms with Crippen LogP contribution in [0.15, 0.2) is 20.0 Å². The van der Waals surface area contributed by atoms with Crippen LogP contribution in [0.4, 0.5) is 0 Å². The van der Waals surface area contributed by atoms with Crippen LogP contribution in [0.25, 0.3) is 0 Å². The zero-order valence-corrected chi connectivity index (χ0v) is 19.1. The maximum atomic E-state index is 11.3. The number of aliphatic hydroxyl groups is 4. The van der Waals surface area contributed by atoms with Crippen molar-refractivity contribution in [3.8, 4) is 0 Å². The highest BCUT2D eigenvalue weighted by atomic mass is 16.5. The van der Waals surface area contributed by atoms with Crippen LogP contribution in [0.1, 0.15) is 34.1 Å². The summed E-state index contributed by atoms with van der Waals surface area (Å²) in [4.78, 5) is 16.4. The first-order valence-corrected chi connectivity index (χ1v) is 9.73. The maximum absolute atomic E-state index is 11.3. The van der Waals surface area contributed by atoms with E-state index in [1.807, 2.05) is 0 Å². The number of nitrogens with zero attached hydrogens (tertiary/aromatic N) is 4. The van der Waals surface area contributed by atoms with Crippen molar-refractivity contribution >= 4 is 23.6 Å². The summed E-state index contributed by atoms with van der Waals surface area (Å²) in [6.07, 6.45) is -0.693. The molecule has 0 unspecified atom stereocenters. The molecule has 0 spiro atoms. The lowest BCUT2D eigenvalue weighted by atomic mass is 9.92. The van der Waals surface area contributed by atoms with E-state index in [1.54, 1.807) is 27.7 Å². The first-order valence-electron chi connectivity index (χ1n) is 9.73. The summed E-state index contributed by atoms with van der Waals surface area (Å²) in [5.74, 6) is -2.28. The van der Waals surface area contributed by atoms with E-state index in [0.29, 0.717) is 0 Å². The minimum Gasteiger partial charge on any atom is -0.481 e. The van der Waals surface area contributed by atoms with Gasteiger partial charge in [-0.2, -0.15) is 0 Å². The number of methoxy groups -OCH3 is 4. The Morgan fingerprint density at radius 1 is 0.581 bits per heavy atom. The Labute approximate surface area is 181 Å². The van der Waals surface area contributed by atoms with Gasteiger partial charge in [0, 0.05) is 11.8 Å². The topological polar surface area (TPSA) is 167 Å². The van der Waals surface area contributed by atoms with Crippen LogP contribution >= 0.6 is 0 Å². The highest BCUT2D eigenvalue weighted by Crippen LogP contribution is 2.38. The van der Waals surface area contributed by atoms with E-state index in [1.165, 1.54) is 28.4 Å². The number of ether oxygens (including phenoxy) is 4. The first kappa shape index (κ1) is 25.0. The van der Waals surface area contributed by atoms with Crippen LogP contribution in [0.3, 0.4) is 0 Å². The van der Waals surface area contributed by atoms with Gasteiger partial charge in [0.1, 0.15) is 0 Å². The molecule has 2 aliphatic heterocycles. The highest BCUT2D eigenvalue weighted by Gasteiger charge is 2.57. The molecule has 2 rings (SSSR count). The quantitative estimate of drug-likeness (QED) is 0.456. The summed E-state index contributed by atoms with van der Waals surface area (Å²) in [6.45, 7) is 6.73. The third kappa shape index (κ3) is 4.00. The van der Waals surface area contributed by atoms with Gasteiger partial charge in [-0.05, 0) is 0 Å². The molecule has 12 nitrogen and oxygen atoms in total. The van der Waals surface area contributed by atoms with Crippen molar-refractivity contribution in [3.05, 3.63) is 0 Å². The summed E-state index contributed by atoms with van der Waals surface area (Å²) in [7, 11) is 4.99. The number of hydrogen-bond donors (Lipinski definition) is 4. The van der Waals surface area contributed by atoms with Gasteiger partial charge in [0.2, 0.25) is 46.5 Å². The molecule has 31 heavy (non-hydrogen) atoms. The second-order valence-electron chi connectivity index (χ2n) is 8.06. The molecule has 2 heterocycles. The van der Waals surface area contributed by atoms with Gasteiger partial charge in [0.15, 0.2) is 0 Å². The van der Waals surface area contributed by atoms with Crippen LogP contribution in [-0.2, 0) is 18.9 Å². The molecule has 4 N–H and O–H groups in total. The van der Waals surface area contributed by atoms with E-state index >= 15 is 0 Å². The summed E-state index contributed by atoms with van der Waals surface area (Å²) >= 11 is 0. The third-order valence-electron chi connectivity index (χ3n) is 5.31. The van der Waals surface area contributed by atoms with Gasteiger partial charge in [-0.15, -0.1) is 0 Å². The standard InChI is InChI=1S/C19H32N4O8/c1-10(2)18(26)14(30-7)20-16(24,12(22-18)28-5)9-17(25)13(29-6)23-19(27,11(3)4)15(21-17)31-8/h10-11,24-27H,9H2,1-8H3/t16-,17-,18+,19+/m0/s1. The largest absolute Gasteiger partial charge is 0.481 e. The molecule has 0 saturated heterocycles. The van der Waals surface area contributed by atoms with Gasteiger partial charge in [-0.1, -0.05) is 27.7 Å². The molecule has 0 aromatic heterocycles. The molecule has 0 amide bonds. The molecule has 176 valence electrons. The Hall–Kier alpha value is -2.28. The lowest BCUT2D eigenvalue weighted by Crippen LogP contribution is -2.59. The van der Waals surface area contributed by atoms with E-state index in [4.69, 9.17) is 18.9 Å². The van der Waals surface area contributed by atoms with Crippen molar-refractivity contribution in [2.45, 2.75) is 57.0 Å². The smallest absolute Gasteiger partial charge is 0.243 e. The van der Waals surface area contributed by atoms with Gasteiger partial charge >= 0.3 is 0 Å². The second kappa shape index (κ2) is 8.34. The van der Waals surface area contributed by atoms with E-state index < -0.39 is 41.2 Å². The average Bonchev–Trinajstić information content (AvgIpc) is 2.70. The van der Waals surface area contributed by atoms with Crippen LogP contribution < -0.4 is 0 Å². The molecule has 0 aromatic rings. The van der Waals surface area contributed by atoms with Crippen molar-refractivity contribution in [1.29, 1.82) is 0 Å². The monoisotopic (exact) mass is 444 g/mol. The Balaban J connectivity index is 2.61. The predicted molar refractivity (Wildman–Crippen MR) is 112 cm³/mol. The molecule has 4 atom stereocenters. The van der Waals surface area contributed by atoms with Gasteiger partial charge in [-0.25, -0.2) is 20.0 Å². The number of aliphatic imine (C=N–C) groups is 4. The fraction of sp³-hybridized carbons (Fsp3) is 0.789. The number of rotatable bonds is 4. The predicted octanol–water partition coefficient (Wildman–Crippen LogP) is -0.350. The maximum Gasteiger partial charge on any atom is 0.243 e. The normalized spacial score (nSPS) is 35.8. The van der Waals surface area contributed by atoms with Gasteiger partial charge in [0.05, 0.1) is 34.9 Å². The van der Waals surface area contributed by atoms with Crippen molar-refractivity contribution in [1.82, 2.24) is 0 Å². The fourth-order valence-corrected chi connectivity index (χ4v) is 3.32. The Bertz CT molecular complexity index is 760. The summed E-state index contributed by atoms with van der Waals surface area (Å²) in [5.41, 5.74) is -8.41. The molecule has 0 saturated carbocycles. The molecule has 0 radical (unpaired) electrons. The third-order valence-corrected chi connectivity index (χ3v) is 5.31. The Kier molecular flexibility index (Phi) is 6.72. The average molecular weight is 444 g/mol. The summed E-state index contributed by atoms with van der Waals surface area (Å²) < 4.78 is 20.7. The van der Waals surface area contributed by atoms with E-state index in [9.17, 15) is 20.4 Å². The molecular formula is C19H32N4O8. The zero-order valence-electron chi connectivity index (χ0n) is 19.1. The number of hydrogen-bond acceptors (Lipinski definition) is 12. The summed E-state index contributed by atoms with van der Waals surface area (Å²) in [6, 6.07) is 0. The summed E-state index contributed by atoms with van der Waals surface area (Å²) in [5, 5.41) is 44.4. The molecule has 0 aromatic carbocycles. The Morgan fingerprint density at radius 3 is 1.10 bits per heavy atom. The van der Waals surface area contributed by atoms with Crippen molar-refractivity contribution in [3.63, 3.8) is 0 Å². The lowest BCUT2D eigenvalue weighted by Gasteiger charge is -2.41. The van der Waals surface area contributed by atoms with Gasteiger partial charge in [0.25, 0.3) is 0 Å². The fourth-order valence-electron chi connectivity index (χ4n) is 3.32. The van der Waals surface area contributed by atoms with E-state index in [-0.39, 0.29) is 23.6 Å². The van der Waals surface area contributed by atoms with Crippen LogP contribution in [-0.4, -0.2) is 95.4 Å². The lowest BCUT2D eigenvalue weighted by molar-refractivity contribution is -0.0316. The first-order chi connectivity index (χ1) is 14.3. The van der Waals surface area contributed by atoms with E-state index in [0.717, 1.165) is 0 Å². The SMILES string of the molecule is COC1=N[C@@](O)(C(C)C)C(OC)=N[C@]1(O)C[C@@]1(O)N=C(OC)[C@](O)(C(C)C)N=C1OC. The molecule has 0 fully saturated rings. The van der Waals surface area contributed by atoms with Crippen LogP contribution in [0.5, 0.6) is 0 Å². The second-order valence-corrected chi connectivity index (χ2v) is 8.06. The van der Waals surface area contributed by atoms with Crippen LogP contribution in [0.2, 0.25) is 0 Å². The van der Waals surface area contributed by atoms with Crippen molar-refractivity contribution < 1.29 is 39.4 Å². The molecule has 2 aliphatic rings. The van der Waals surface area contributed by atoms with Crippen molar-refractivity contribution in [2.75, 3.05) is 28.4 Å². The van der Waals surface area contributed by atoms with Gasteiger partial charge < -0.3 is 39.4 Å². The van der Waals surface area contributed by atoms with E-state index in [2.05, 4.69) is 20.0 Å². The minimum absolute atomic E-state index is 0.282. The molecule has 0 bridgehead atoms. The zero-order chi connectivity index (χ0) is 23.8. The van der Waals surface area contributed by atoms with Crippen LogP contribution in [0, 0.1) is 11.8 Å². The molecular weight excluding hydrogens is 412 g/mol. The van der Waals surface area contributed by atoms with Crippen molar-refractivity contribution in [2.24, 2.45) is 31.8 Å². The Morgan fingerprint density at radius 2 is 0.871 bits per heavy atom. The highest BCUT2D eigenvalue weighted by molar-refractivity contribution is 6.00. The molecule has 12 heteroatoms. The molecule has 0 aliphatic carbocycles. The minimum atomic E-state index is -2.31.